The van der Waals surface area contributed by atoms with E-state index < -0.39 is 5.69 Å². The van der Waals surface area contributed by atoms with Crippen molar-refractivity contribution >= 4 is 33.0 Å². The van der Waals surface area contributed by atoms with Gasteiger partial charge in [0.15, 0.2) is 11.2 Å². The van der Waals surface area contributed by atoms with Crippen LogP contribution in [0.4, 0.5) is 5.95 Å². The first-order valence-electron chi connectivity index (χ1n) is 11.3. The van der Waals surface area contributed by atoms with Gasteiger partial charge in [0.05, 0.1) is 19.7 Å². The summed E-state index contributed by atoms with van der Waals surface area (Å²) in [7, 11) is 0. The maximum Gasteiger partial charge on any atom is 0.332 e. The van der Waals surface area contributed by atoms with Gasteiger partial charge in [-0.1, -0.05) is 47.3 Å². The number of rotatable bonds is 7. The summed E-state index contributed by atoms with van der Waals surface area (Å²) in [5.74, 6) is 0.598. The molecule has 2 N–H and O–H groups in total. The molecule has 1 fully saturated rings. The van der Waals surface area contributed by atoms with Gasteiger partial charge < -0.3 is 10.4 Å². The van der Waals surface area contributed by atoms with Gasteiger partial charge in [-0.2, -0.15) is 4.98 Å². The predicted octanol–water partition coefficient (Wildman–Crippen LogP) is 3.24. The molecule has 3 aromatic rings. The summed E-state index contributed by atoms with van der Waals surface area (Å²) in [6.07, 6.45) is 5.69. The van der Waals surface area contributed by atoms with Gasteiger partial charge in [0, 0.05) is 17.1 Å². The van der Waals surface area contributed by atoms with Crippen molar-refractivity contribution in [2.75, 3.05) is 11.9 Å². The fraction of sp³-hybridized carbons (Fsp3) is 0.522. The van der Waals surface area contributed by atoms with Crippen LogP contribution in [0.1, 0.15) is 50.2 Å². The van der Waals surface area contributed by atoms with Crippen molar-refractivity contribution in [2.45, 2.75) is 71.6 Å². The first-order valence-corrected chi connectivity index (χ1v) is 12.1. The predicted molar refractivity (Wildman–Crippen MR) is 129 cm³/mol. The first kappa shape index (κ1) is 22.8. The molecule has 2 heterocycles. The molecule has 9 heteroatoms. The van der Waals surface area contributed by atoms with Crippen molar-refractivity contribution in [3.8, 4) is 0 Å². The molecule has 0 atom stereocenters. The maximum atomic E-state index is 13.4. The van der Waals surface area contributed by atoms with E-state index in [-0.39, 0.29) is 31.3 Å². The lowest BCUT2D eigenvalue weighted by atomic mass is 9.96. The summed E-state index contributed by atoms with van der Waals surface area (Å²) in [5.41, 5.74) is 2.08. The zero-order valence-corrected chi connectivity index (χ0v) is 20.2. The van der Waals surface area contributed by atoms with Crippen LogP contribution in [-0.4, -0.2) is 36.4 Å². The van der Waals surface area contributed by atoms with Crippen LogP contribution >= 0.6 is 15.9 Å². The highest BCUT2D eigenvalue weighted by Gasteiger charge is 2.23. The van der Waals surface area contributed by atoms with Gasteiger partial charge in [-0.05, 0) is 43.9 Å². The van der Waals surface area contributed by atoms with E-state index in [4.69, 9.17) is 4.98 Å². The number of imidazole rings is 1. The molecule has 1 aliphatic rings. The van der Waals surface area contributed by atoms with Crippen LogP contribution in [0.25, 0.3) is 11.2 Å². The third-order valence-electron chi connectivity index (χ3n) is 6.27. The molecule has 1 saturated carbocycles. The summed E-state index contributed by atoms with van der Waals surface area (Å²) < 4.78 is 5.52. The lowest BCUT2D eigenvalue weighted by Crippen LogP contribution is -2.40. The Morgan fingerprint density at radius 2 is 1.91 bits per heavy atom. The number of aromatic nitrogens is 4. The highest BCUT2D eigenvalue weighted by Crippen LogP contribution is 2.25. The van der Waals surface area contributed by atoms with Gasteiger partial charge in [-0.3, -0.25) is 18.5 Å². The van der Waals surface area contributed by atoms with Gasteiger partial charge >= 0.3 is 5.69 Å². The van der Waals surface area contributed by atoms with Crippen molar-refractivity contribution in [1.29, 1.82) is 0 Å². The molecule has 0 unspecified atom stereocenters. The Bertz CT molecular complexity index is 1240. The maximum absolute atomic E-state index is 13.4. The lowest BCUT2D eigenvalue weighted by Gasteiger charge is -2.23. The minimum Gasteiger partial charge on any atom is -0.395 e. The molecule has 2 aromatic heterocycles. The average Bonchev–Trinajstić information content (AvgIpc) is 3.12. The Kier molecular flexibility index (Phi) is 6.85. The van der Waals surface area contributed by atoms with E-state index in [0.29, 0.717) is 23.7 Å². The summed E-state index contributed by atoms with van der Waals surface area (Å²) in [4.78, 5) is 31.0. The zero-order valence-electron chi connectivity index (χ0n) is 18.6. The van der Waals surface area contributed by atoms with Gasteiger partial charge in [0.1, 0.15) is 0 Å². The summed E-state index contributed by atoms with van der Waals surface area (Å²) in [6.45, 7) is 4.39. The number of fused-ring (bicyclic) bond motifs is 1. The third-order valence-corrected chi connectivity index (χ3v) is 7.12. The number of aliphatic hydroxyl groups excluding tert-OH is 1. The van der Waals surface area contributed by atoms with E-state index in [0.717, 1.165) is 28.4 Å². The Morgan fingerprint density at radius 1 is 1.16 bits per heavy atom. The number of hydrogen-bond donors (Lipinski definition) is 2. The summed E-state index contributed by atoms with van der Waals surface area (Å²) >= 11 is 3.60. The fourth-order valence-corrected chi connectivity index (χ4v) is 4.91. The first-order chi connectivity index (χ1) is 15.4. The second kappa shape index (κ2) is 9.62. The quantitative estimate of drug-likeness (QED) is 0.516. The number of benzene rings is 1. The van der Waals surface area contributed by atoms with Crippen LogP contribution in [0.2, 0.25) is 0 Å². The molecule has 0 aliphatic heterocycles. The molecular weight excluding hydrogens is 474 g/mol. The number of nitrogens with one attached hydrogen (secondary N) is 1. The van der Waals surface area contributed by atoms with Crippen molar-refractivity contribution < 1.29 is 5.11 Å². The highest BCUT2D eigenvalue weighted by atomic mass is 79.9. The van der Waals surface area contributed by atoms with Gasteiger partial charge in [0.2, 0.25) is 5.95 Å². The molecule has 0 saturated heterocycles. The van der Waals surface area contributed by atoms with E-state index in [1.54, 1.807) is 6.92 Å². The Morgan fingerprint density at radius 3 is 2.56 bits per heavy atom. The average molecular weight is 504 g/mol. The van der Waals surface area contributed by atoms with E-state index >= 15 is 0 Å². The highest BCUT2D eigenvalue weighted by molar-refractivity contribution is 9.10. The zero-order chi connectivity index (χ0) is 22.8. The SMILES string of the molecule is CCn1c(=O)c2c(nc(NC3CCCCC3)n2Cc2ccc(C)c(Br)c2)n(CCO)c1=O. The van der Waals surface area contributed by atoms with Gasteiger partial charge in [-0.25, -0.2) is 4.79 Å². The molecular formula is C23H30BrN5O3. The Labute approximate surface area is 195 Å². The van der Waals surface area contributed by atoms with Crippen molar-refractivity contribution in [3.05, 3.63) is 54.6 Å². The van der Waals surface area contributed by atoms with E-state index in [1.165, 1.54) is 28.4 Å². The Balaban J connectivity index is 1.92. The summed E-state index contributed by atoms with van der Waals surface area (Å²) in [5, 5.41) is 13.1. The molecule has 0 bridgehead atoms. The second-order valence-corrected chi connectivity index (χ2v) is 9.32. The molecule has 1 aliphatic carbocycles. The summed E-state index contributed by atoms with van der Waals surface area (Å²) in [6, 6.07) is 6.42. The number of halogens is 1. The monoisotopic (exact) mass is 503 g/mol. The van der Waals surface area contributed by atoms with E-state index in [9.17, 15) is 14.7 Å². The van der Waals surface area contributed by atoms with Crippen LogP contribution in [-0.2, 0) is 19.6 Å². The topological polar surface area (TPSA) is 94.1 Å². The smallest absolute Gasteiger partial charge is 0.332 e. The largest absolute Gasteiger partial charge is 0.395 e. The second-order valence-electron chi connectivity index (χ2n) is 8.46. The van der Waals surface area contributed by atoms with Crippen LogP contribution in [0.3, 0.4) is 0 Å². The molecule has 0 radical (unpaired) electrons. The van der Waals surface area contributed by atoms with E-state index in [2.05, 4.69) is 21.2 Å². The molecule has 1 aromatic carbocycles. The normalized spacial score (nSPS) is 14.9. The number of hydrogen-bond acceptors (Lipinski definition) is 5. The van der Waals surface area contributed by atoms with Gasteiger partial charge in [0.25, 0.3) is 5.56 Å². The van der Waals surface area contributed by atoms with Crippen molar-refractivity contribution in [1.82, 2.24) is 18.7 Å². The number of nitrogens with zero attached hydrogens (tertiary/aromatic N) is 4. The van der Waals surface area contributed by atoms with Crippen LogP contribution < -0.4 is 16.6 Å². The third kappa shape index (κ3) is 4.28. The van der Waals surface area contributed by atoms with Gasteiger partial charge in [-0.15, -0.1) is 0 Å². The molecule has 4 rings (SSSR count). The van der Waals surface area contributed by atoms with Crippen LogP contribution in [0.5, 0.6) is 0 Å². The molecule has 0 amide bonds. The van der Waals surface area contributed by atoms with Crippen molar-refractivity contribution in [2.24, 2.45) is 0 Å². The van der Waals surface area contributed by atoms with Crippen LogP contribution in [0, 0.1) is 6.92 Å². The number of aryl methyl sites for hydroxylation is 1. The minimum absolute atomic E-state index is 0.0889. The number of aliphatic hydroxyl groups is 1. The fourth-order valence-electron chi connectivity index (χ4n) is 4.48. The standard InChI is InChI=1S/C23H30BrN5O3/c1-3-27-21(31)19-20(28(11-12-30)23(27)32)26-22(25-17-7-5-4-6-8-17)29(19)14-16-10-9-15(2)18(24)13-16/h9-10,13,17,30H,3-8,11-12,14H2,1-2H3,(H,25,26). The van der Waals surface area contributed by atoms with Crippen molar-refractivity contribution in [3.63, 3.8) is 0 Å². The lowest BCUT2D eigenvalue weighted by molar-refractivity contribution is 0.274. The molecule has 32 heavy (non-hydrogen) atoms. The van der Waals surface area contributed by atoms with Crippen LogP contribution in [0.15, 0.2) is 32.3 Å². The molecule has 0 spiro atoms. The molecule has 8 nitrogen and oxygen atoms in total. The molecule has 172 valence electrons. The van der Waals surface area contributed by atoms with E-state index in [1.807, 2.05) is 29.7 Å². The number of anilines is 1. The Hall–Kier alpha value is -2.39. The minimum atomic E-state index is -0.439.